The Kier molecular flexibility index (Phi) is 2.84. The molecule has 16 heavy (non-hydrogen) atoms. The number of nitrogens with zero attached hydrogens (tertiary/aromatic N) is 3. The minimum atomic E-state index is -0.0398. The third-order valence-corrected chi connectivity index (χ3v) is 3.55. The normalized spacial score (nSPS) is 19.8. The smallest absolute Gasteiger partial charge is 0.284 e. The van der Waals surface area contributed by atoms with Crippen LogP contribution in [0.2, 0.25) is 0 Å². The maximum atomic E-state index is 12.1. The first-order valence-corrected chi connectivity index (χ1v) is 6.18. The fourth-order valence-corrected chi connectivity index (χ4v) is 2.63. The second-order valence-electron chi connectivity index (χ2n) is 4.94. The molecule has 88 valence electrons. The summed E-state index contributed by atoms with van der Waals surface area (Å²) in [4.78, 5) is 13.9. The standard InChI is InChI=1S/C10H16N4OS/c1-10(2)4-3-5-14(6-10)8(15)7-12-13-9(11)16-7/h3-6H2,1-2H3,(H2,11,13). The Morgan fingerprint density at radius 3 is 2.81 bits per heavy atom. The number of carbonyl (C=O) groups excluding carboxylic acids is 1. The van der Waals surface area contributed by atoms with Gasteiger partial charge in [0.05, 0.1) is 0 Å². The third-order valence-electron chi connectivity index (χ3n) is 2.81. The molecule has 0 saturated carbocycles. The maximum absolute atomic E-state index is 12.1. The lowest BCUT2D eigenvalue weighted by molar-refractivity contribution is 0.0582. The summed E-state index contributed by atoms with van der Waals surface area (Å²) < 4.78 is 0. The summed E-state index contributed by atoms with van der Waals surface area (Å²) in [6, 6.07) is 0. The molecule has 1 fully saturated rings. The third kappa shape index (κ3) is 2.32. The second-order valence-corrected chi connectivity index (χ2v) is 5.95. The van der Waals surface area contributed by atoms with Crippen LogP contribution in [0.5, 0.6) is 0 Å². The van der Waals surface area contributed by atoms with E-state index in [1.165, 1.54) is 0 Å². The van der Waals surface area contributed by atoms with Crippen molar-refractivity contribution >= 4 is 22.4 Å². The van der Waals surface area contributed by atoms with Crippen molar-refractivity contribution in [2.75, 3.05) is 18.8 Å². The highest BCUT2D eigenvalue weighted by atomic mass is 32.1. The molecule has 5 nitrogen and oxygen atoms in total. The summed E-state index contributed by atoms with van der Waals surface area (Å²) in [6.07, 6.45) is 2.21. The Bertz CT molecular complexity index is 401. The Morgan fingerprint density at radius 1 is 1.50 bits per heavy atom. The summed E-state index contributed by atoms with van der Waals surface area (Å²) in [5.74, 6) is -0.0398. The summed E-state index contributed by atoms with van der Waals surface area (Å²) in [5, 5.41) is 8.20. The van der Waals surface area contributed by atoms with Crippen LogP contribution in [-0.4, -0.2) is 34.1 Å². The predicted octanol–water partition coefficient (Wildman–Crippen LogP) is 1.38. The van der Waals surface area contributed by atoms with Gasteiger partial charge in [0, 0.05) is 13.1 Å². The van der Waals surface area contributed by atoms with Crippen molar-refractivity contribution in [3.8, 4) is 0 Å². The van der Waals surface area contributed by atoms with Crippen molar-refractivity contribution < 1.29 is 4.79 Å². The lowest BCUT2D eigenvalue weighted by Crippen LogP contribution is -2.43. The number of amides is 1. The van der Waals surface area contributed by atoms with Crippen molar-refractivity contribution in [3.05, 3.63) is 5.01 Å². The van der Waals surface area contributed by atoms with Gasteiger partial charge in [-0.2, -0.15) is 0 Å². The minimum Gasteiger partial charge on any atom is -0.374 e. The van der Waals surface area contributed by atoms with Crippen molar-refractivity contribution in [1.82, 2.24) is 15.1 Å². The lowest BCUT2D eigenvalue weighted by atomic mass is 9.84. The van der Waals surface area contributed by atoms with E-state index in [4.69, 9.17) is 5.73 Å². The first-order valence-electron chi connectivity index (χ1n) is 5.36. The van der Waals surface area contributed by atoms with Crippen LogP contribution >= 0.6 is 11.3 Å². The molecule has 1 aromatic heterocycles. The van der Waals surface area contributed by atoms with Gasteiger partial charge in [-0.1, -0.05) is 25.2 Å². The van der Waals surface area contributed by atoms with Gasteiger partial charge in [0.15, 0.2) is 0 Å². The molecule has 2 heterocycles. The number of piperidine rings is 1. The van der Waals surface area contributed by atoms with Gasteiger partial charge in [0.2, 0.25) is 10.1 Å². The van der Waals surface area contributed by atoms with Crippen LogP contribution < -0.4 is 5.73 Å². The molecule has 0 atom stereocenters. The van der Waals surface area contributed by atoms with Crippen LogP contribution in [0.4, 0.5) is 5.13 Å². The van der Waals surface area contributed by atoms with Crippen molar-refractivity contribution in [1.29, 1.82) is 0 Å². The van der Waals surface area contributed by atoms with Crippen molar-refractivity contribution in [2.45, 2.75) is 26.7 Å². The quantitative estimate of drug-likeness (QED) is 0.805. The van der Waals surface area contributed by atoms with Gasteiger partial charge in [0.25, 0.3) is 5.91 Å². The first-order chi connectivity index (χ1) is 7.48. The number of hydrogen-bond donors (Lipinski definition) is 1. The van der Waals surface area contributed by atoms with E-state index in [1.807, 2.05) is 4.90 Å². The van der Waals surface area contributed by atoms with Gasteiger partial charge >= 0.3 is 0 Å². The van der Waals surface area contributed by atoms with E-state index >= 15 is 0 Å². The molecule has 1 amide bonds. The van der Waals surface area contributed by atoms with E-state index in [1.54, 1.807) is 0 Å². The van der Waals surface area contributed by atoms with Crippen LogP contribution in [-0.2, 0) is 0 Å². The van der Waals surface area contributed by atoms with E-state index in [2.05, 4.69) is 24.0 Å². The number of carbonyl (C=O) groups is 1. The predicted molar refractivity (Wildman–Crippen MR) is 63.2 cm³/mol. The average molecular weight is 240 g/mol. The molecule has 0 unspecified atom stereocenters. The van der Waals surface area contributed by atoms with E-state index in [9.17, 15) is 4.79 Å². The molecule has 2 N–H and O–H groups in total. The minimum absolute atomic E-state index is 0.0398. The summed E-state index contributed by atoms with van der Waals surface area (Å²) in [5.41, 5.74) is 5.67. The molecule has 0 radical (unpaired) electrons. The van der Waals surface area contributed by atoms with Crippen LogP contribution in [0, 0.1) is 5.41 Å². The SMILES string of the molecule is CC1(C)CCCN(C(=O)c2nnc(N)s2)C1. The van der Waals surface area contributed by atoms with Crippen LogP contribution in [0.1, 0.15) is 36.5 Å². The molecule has 1 aliphatic heterocycles. The zero-order valence-corrected chi connectivity index (χ0v) is 10.4. The number of aromatic nitrogens is 2. The molecule has 0 spiro atoms. The largest absolute Gasteiger partial charge is 0.374 e. The van der Waals surface area contributed by atoms with E-state index in [-0.39, 0.29) is 11.3 Å². The molecule has 0 bridgehead atoms. The zero-order chi connectivity index (χ0) is 11.8. The molecule has 1 aromatic rings. The summed E-state index contributed by atoms with van der Waals surface area (Å²) in [7, 11) is 0. The summed E-state index contributed by atoms with van der Waals surface area (Å²) >= 11 is 1.15. The molecule has 6 heteroatoms. The van der Waals surface area contributed by atoms with Gasteiger partial charge in [-0.15, -0.1) is 10.2 Å². The number of nitrogen functional groups attached to an aromatic ring is 1. The topological polar surface area (TPSA) is 72.1 Å². The first kappa shape index (κ1) is 11.3. The number of likely N-dealkylation sites (tertiary alicyclic amines) is 1. The van der Waals surface area contributed by atoms with Gasteiger partial charge in [-0.25, -0.2) is 0 Å². The highest BCUT2D eigenvalue weighted by Crippen LogP contribution is 2.29. The van der Waals surface area contributed by atoms with E-state index < -0.39 is 0 Å². The second kappa shape index (κ2) is 4.01. The molecule has 1 aliphatic rings. The Hall–Kier alpha value is -1.17. The van der Waals surface area contributed by atoms with Gasteiger partial charge < -0.3 is 10.6 Å². The fraction of sp³-hybridized carbons (Fsp3) is 0.700. The maximum Gasteiger partial charge on any atom is 0.284 e. The molecular weight excluding hydrogens is 224 g/mol. The number of anilines is 1. The average Bonchev–Trinajstić information content (AvgIpc) is 2.62. The molecule has 0 aliphatic carbocycles. The van der Waals surface area contributed by atoms with Crippen LogP contribution in [0.3, 0.4) is 0 Å². The van der Waals surface area contributed by atoms with Gasteiger partial charge in [0.1, 0.15) is 0 Å². The molecular formula is C10H16N4OS. The number of nitrogens with two attached hydrogens (primary N) is 1. The number of hydrogen-bond acceptors (Lipinski definition) is 5. The highest BCUT2D eigenvalue weighted by molar-refractivity contribution is 7.16. The van der Waals surface area contributed by atoms with Gasteiger partial charge in [-0.3, -0.25) is 4.79 Å². The monoisotopic (exact) mass is 240 g/mol. The van der Waals surface area contributed by atoms with Crippen LogP contribution in [0.25, 0.3) is 0 Å². The zero-order valence-electron chi connectivity index (χ0n) is 9.56. The van der Waals surface area contributed by atoms with Crippen molar-refractivity contribution in [2.24, 2.45) is 5.41 Å². The Balaban J connectivity index is 2.10. The lowest BCUT2D eigenvalue weighted by Gasteiger charge is -2.37. The molecule has 1 saturated heterocycles. The fourth-order valence-electron chi connectivity index (χ4n) is 2.05. The molecule has 2 rings (SSSR count). The van der Waals surface area contributed by atoms with Crippen LogP contribution in [0.15, 0.2) is 0 Å². The van der Waals surface area contributed by atoms with Gasteiger partial charge in [-0.05, 0) is 18.3 Å². The number of rotatable bonds is 1. The van der Waals surface area contributed by atoms with Crippen molar-refractivity contribution in [3.63, 3.8) is 0 Å². The highest BCUT2D eigenvalue weighted by Gasteiger charge is 2.30. The van der Waals surface area contributed by atoms with E-state index in [0.717, 1.165) is 37.3 Å². The molecule has 0 aromatic carbocycles. The van der Waals surface area contributed by atoms with E-state index in [0.29, 0.717) is 10.1 Å². The Morgan fingerprint density at radius 2 is 2.25 bits per heavy atom. The summed E-state index contributed by atoms with van der Waals surface area (Å²) in [6.45, 7) is 5.95. The Labute approximate surface area is 98.7 Å².